The molecule has 1 fully saturated rings. The summed E-state index contributed by atoms with van der Waals surface area (Å²) in [5.74, 6) is 5.21. The van der Waals surface area contributed by atoms with Crippen molar-refractivity contribution in [1.82, 2.24) is 0 Å². The van der Waals surface area contributed by atoms with Gasteiger partial charge in [-0.05, 0) is 52.9 Å². The van der Waals surface area contributed by atoms with Crippen LogP contribution in [0.5, 0.6) is 0 Å². The predicted molar refractivity (Wildman–Crippen MR) is 119 cm³/mol. The van der Waals surface area contributed by atoms with Crippen LogP contribution in [-0.4, -0.2) is 34.0 Å². The Balaban J connectivity index is 2.20. The summed E-state index contributed by atoms with van der Waals surface area (Å²) in [6.07, 6.45) is 18.1. The highest BCUT2D eigenvalue weighted by Crippen LogP contribution is 2.36. The van der Waals surface area contributed by atoms with E-state index in [4.69, 9.17) is 9.84 Å². The highest BCUT2D eigenvalue weighted by atomic mass is 16.6. The van der Waals surface area contributed by atoms with Gasteiger partial charge in [0.15, 0.2) is 5.60 Å². The quantitative estimate of drug-likeness (QED) is 0.170. The van der Waals surface area contributed by atoms with Crippen LogP contribution in [0.25, 0.3) is 0 Å². The van der Waals surface area contributed by atoms with Gasteiger partial charge in [0, 0.05) is 6.42 Å². The van der Waals surface area contributed by atoms with Crippen LogP contribution in [0.1, 0.15) is 91.9 Å². The largest absolute Gasteiger partial charge is 0.481 e. The smallest absolute Gasteiger partial charge is 0.309 e. The summed E-state index contributed by atoms with van der Waals surface area (Å²) in [6.45, 7) is 7.43. The van der Waals surface area contributed by atoms with E-state index in [9.17, 15) is 9.90 Å². The molecule has 3 unspecified atom stereocenters. The van der Waals surface area contributed by atoms with Gasteiger partial charge in [-0.15, -0.1) is 0 Å². The van der Waals surface area contributed by atoms with Crippen molar-refractivity contribution in [2.45, 2.75) is 110 Å². The number of carboxylic acids is 1. The van der Waals surface area contributed by atoms with E-state index in [1.807, 2.05) is 6.08 Å². The van der Waals surface area contributed by atoms with Gasteiger partial charge in [0.05, 0.1) is 11.5 Å². The van der Waals surface area contributed by atoms with Crippen molar-refractivity contribution in [2.24, 2.45) is 5.41 Å². The fraction of sp³-hybridized carbons (Fsp3) is 0.720. The van der Waals surface area contributed by atoms with Crippen LogP contribution in [0.4, 0.5) is 0 Å². The fourth-order valence-corrected chi connectivity index (χ4v) is 3.22. The lowest BCUT2D eigenvalue weighted by molar-refractivity contribution is -0.147. The molecule has 1 heterocycles. The average Bonchev–Trinajstić information content (AvgIpc) is 3.44. The van der Waals surface area contributed by atoms with Crippen molar-refractivity contribution in [3.63, 3.8) is 0 Å². The summed E-state index contributed by atoms with van der Waals surface area (Å²) in [4.78, 5) is 11.1. The van der Waals surface area contributed by atoms with E-state index < -0.39 is 17.0 Å². The molecule has 0 saturated carbocycles. The van der Waals surface area contributed by atoms with Gasteiger partial charge in [0.25, 0.3) is 0 Å². The predicted octanol–water partition coefficient (Wildman–Crippen LogP) is 5.65. The van der Waals surface area contributed by atoms with Crippen LogP contribution in [0, 0.1) is 17.3 Å². The van der Waals surface area contributed by atoms with E-state index in [0.717, 1.165) is 32.1 Å². The fourth-order valence-electron chi connectivity index (χ4n) is 3.22. The molecule has 1 aliphatic heterocycles. The molecule has 0 aromatic rings. The Hall–Kier alpha value is -1.57. The lowest BCUT2D eigenvalue weighted by Crippen LogP contribution is -2.30. The van der Waals surface area contributed by atoms with Crippen LogP contribution in [0.15, 0.2) is 24.3 Å². The van der Waals surface area contributed by atoms with E-state index in [1.54, 1.807) is 20.8 Å². The molecular formula is C25H40O4. The number of aliphatic carboxylic acids is 1. The molecule has 0 radical (unpaired) electrons. The monoisotopic (exact) mass is 404 g/mol. The number of hydrogen-bond acceptors (Lipinski definition) is 3. The number of carboxylic acid groups (broad SMARTS) is 1. The normalized spacial score (nSPS) is 21.1. The molecule has 0 aromatic heterocycles. The maximum atomic E-state index is 11.1. The Morgan fingerprint density at radius 2 is 1.79 bits per heavy atom. The van der Waals surface area contributed by atoms with Gasteiger partial charge < -0.3 is 14.9 Å². The Kier molecular flexibility index (Phi) is 11.3. The molecule has 2 N–H and O–H groups in total. The molecule has 3 atom stereocenters. The number of unbranched alkanes of at least 4 members (excludes halogenated alkanes) is 4. The molecule has 1 rings (SSSR count). The Morgan fingerprint density at radius 1 is 1.07 bits per heavy atom. The van der Waals surface area contributed by atoms with E-state index in [0.29, 0.717) is 12.8 Å². The number of ether oxygens (including phenoxy) is 1. The number of carbonyl (C=O) groups is 1. The Bertz CT molecular complexity index is 604. The molecule has 1 aliphatic rings. The first-order valence-corrected chi connectivity index (χ1v) is 11.1. The topological polar surface area (TPSA) is 70.1 Å². The molecule has 0 aliphatic carbocycles. The van der Waals surface area contributed by atoms with Crippen LogP contribution in [-0.2, 0) is 9.53 Å². The standard InChI is InChI=1S/C25H40O4/c1-5-6-7-8-9-10-11-12-13-14-16-20-25(4,28)22-21(29-22)18-15-17-19-24(2,3)23(26)27/h9-10,12-13,21-22,28H,5-8,11,14-15,17-19H2,1-4H3,(H,26,27)/b10-9-,13-12-. The lowest BCUT2D eigenvalue weighted by atomic mass is 9.87. The third-order valence-corrected chi connectivity index (χ3v) is 5.40. The zero-order chi connectivity index (χ0) is 21.8. The van der Waals surface area contributed by atoms with Gasteiger partial charge in [-0.2, -0.15) is 0 Å². The molecule has 29 heavy (non-hydrogen) atoms. The molecule has 0 spiro atoms. The van der Waals surface area contributed by atoms with Crippen molar-refractivity contribution in [3.05, 3.63) is 24.3 Å². The molecule has 1 saturated heterocycles. The molecule has 164 valence electrons. The van der Waals surface area contributed by atoms with Gasteiger partial charge in [-0.1, -0.05) is 68.8 Å². The first kappa shape index (κ1) is 25.5. The second-order valence-corrected chi connectivity index (χ2v) is 8.86. The molecule has 4 nitrogen and oxygen atoms in total. The molecule has 0 bridgehead atoms. The summed E-state index contributed by atoms with van der Waals surface area (Å²) in [6, 6.07) is 0. The lowest BCUT2D eigenvalue weighted by Gasteiger charge is -2.18. The van der Waals surface area contributed by atoms with Crippen molar-refractivity contribution in [3.8, 4) is 11.8 Å². The van der Waals surface area contributed by atoms with Gasteiger partial charge in [0.1, 0.15) is 6.10 Å². The summed E-state index contributed by atoms with van der Waals surface area (Å²) in [5.41, 5.74) is -1.81. The van der Waals surface area contributed by atoms with Crippen LogP contribution in [0.3, 0.4) is 0 Å². The van der Waals surface area contributed by atoms with Gasteiger partial charge in [-0.25, -0.2) is 0 Å². The van der Waals surface area contributed by atoms with Crippen molar-refractivity contribution in [1.29, 1.82) is 0 Å². The van der Waals surface area contributed by atoms with E-state index in [1.165, 1.54) is 19.3 Å². The van der Waals surface area contributed by atoms with Crippen LogP contribution >= 0.6 is 0 Å². The number of rotatable bonds is 14. The van der Waals surface area contributed by atoms with Gasteiger partial charge >= 0.3 is 5.97 Å². The highest BCUT2D eigenvalue weighted by Gasteiger charge is 2.50. The highest BCUT2D eigenvalue weighted by molar-refractivity contribution is 5.73. The average molecular weight is 405 g/mol. The molecule has 0 amide bonds. The van der Waals surface area contributed by atoms with Crippen molar-refractivity contribution < 1.29 is 19.7 Å². The molecular weight excluding hydrogens is 364 g/mol. The molecule has 0 aromatic carbocycles. The zero-order valence-corrected chi connectivity index (χ0v) is 18.7. The number of aliphatic hydroxyl groups is 1. The second kappa shape index (κ2) is 12.9. The summed E-state index contributed by atoms with van der Waals surface area (Å²) in [5, 5.41) is 19.6. The SMILES string of the molecule is CCCCC/C=C\C/C=C\CC#CC(C)(O)C1OC1CCCCC(C)(C)C(=O)O. The van der Waals surface area contributed by atoms with Crippen LogP contribution in [0.2, 0.25) is 0 Å². The van der Waals surface area contributed by atoms with E-state index >= 15 is 0 Å². The van der Waals surface area contributed by atoms with Crippen LogP contribution < -0.4 is 0 Å². The number of epoxide rings is 1. The third kappa shape index (κ3) is 10.7. The van der Waals surface area contributed by atoms with E-state index in [-0.39, 0.29) is 12.2 Å². The Labute approximate surface area is 177 Å². The second-order valence-electron chi connectivity index (χ2n) is 8.86. The minimum Gasteiger partial charge on any atom is -0.481 e. The summed E-state index contributed by atoms with van der Waals surface area (Å²) >= 11 is 0. The maximum absolute atomic E-state index is 11.1. The first-order chi connectivity index (χ1) is 13.7. The zero-order valence-electron chi connectivity index (χ0n) is 18.7. The minimum absolute atomic E-state index is 0.0284. The van der Waals surface area contributed by atoms with Crippen molar-refractivity contribution in [2.75, 3.05) is 0 Å². The maximum Gasteiger partial charge on any atom is 0.309 e. The van der Waals surface area contributed by atoms with E-state index in [2.05, 4.69) is 37.0 Å². The van der Waals surface area contributed by atoms with Gasteiger partial charge in [-0.3, -0.25) is 4.79 Å². The van der Waals surface area contributed by atoms with Crippen molar-refractivity contribution >= 4 is 5.97 Å². The summed E-state index contributed by atoms with van der Waals surface area (Å²) in [7, 11) is 0. The Morgan fingerprint density at radius 3 is 2.48 bits per heavy atom. The van der Waals surface area contributed by atoms with Gasteiger partial charge in [0.2, 0.25) is 0 Å². The molecule has 4 heteroatoms. The number of hydrogen-bond donors (Lipinski definition) is 2. The minimum atomic E-state index is -1.13. The third-order valence-electron chi connectivity index (χ3n) is 5.40. The number of allylic oxidation sites excluding steroid dienone is 4. The summed E-state index contributed by atoms with van der Waals surface area (Å²) < 4.78 is 5.62. The first-order valence-electron chi connectivity index (χ1n) is 11.1.